The number of nitrogens with zero attached hydrogens (tertiary/aromatic N) is 3. The predicted octanol–water partition coefficient (Wildman–Crippen LogP) is 2.74. The molecule has 1 aromatic heterocycles. The molecule has 0 radical (unpaired) electrons. The van der Waals surface area contributed by atoms with Gasteiger partial charge in [0.05, 0.1) is 17.3 Å². The van der Waals surface area contributed by atoms with Crippen molar-refractivity contribution in [2.75, 3.05) is 49.5 Å². The molecule has 3 heterocycles. The molecule has 0 bridgehead atoms. The molecule has 2 fully saturated rings. The van der Waals surface area contributed by atoms with E-state index < -0.39 is 0 Å². The molecule has 1 atom stereocenters. The van der Waals surface area contributed by atoms with Crippen molar-refractivity contribution < 1.29 is 18.9 Å². The van der Waals surface area contributed by atoms with Crippen LogP contribution in [0, 0.1) is 10.1 Å². The van der Waals surface area contributed by atoms with Gasteiger partial charge < -0.3 is 24.3 Å². The summed E-state index contributed by atoms with van der Waals surface area (Å²) in [6.45, 7) is 3.72. The van der Waals surface area contributed by atoms with Crippen LogP contribution < -0.4 is 10.2 Å². The molecule has 29 heavy (non-hydrogen) atoms. The minimum Gasteiger partial charge on any atom is -0.459 e. The van der Waals surface area contributed by atoms with Gasteiger partial charge in [-0.1, -0.05) is 0 Å². The van der Waals surface area contributed by atoms with Crippen LogP contribution in [-0.4, -0.2) is 61.2 Å². The summed E-state index contributed by atoms with van der Waals surface area (Å²) in [7, 11) is 0. The van der Waals surface area contributed by atoms with E-state index in [0.29, 0.717) is 44.2 Å². The lowest BCUT2D eigenvalue weighted by molar-refractivity contribution is -0.383. The molecule has 0 spiro atoms. The van der Waals surface area contributed by atoms with Gasteiger partial charge in [-0.25, -0.2) is 0 Å². The van der Waals surface area contributed by atoms with Crippen molar-refractivity contribution >= 4 is 23.0 Å². The normalized spacial score (nSPS) is 19.4. The summed E-state index contributed by atoms with van der Waals surface area (Å²) in [5.41, 5.74) is 1.45. The van der Waals surface area contributed by atoms with Gasteiger partial charge in [0.1, 0.15) is 5.69 Å². The van der Waals surface area contributed by atoms with Crippen LogP contribution in [0.3, 0.4) is 0 Å². The highest BCUT2D eigenvalue weighted by Gasteiger charge is 2.25. The Bertz CT molecular complexity index is 856. The van der Waals surface area contributed by atoms with Gasteiger partial charge in [-0.15, -0.1) is 0 Å². The number of anilines is 2. The van der Waals surface area contributed by atoms with Crippen LogP contribution in [-0.2, 0) is 4.74 Å². The predicted molar refractivity (Wildman–Crippen MR) is 107 cm³/mol. The first-order chi connectivity index (χ1) is 14.1. The van der Waals surface area contributed by atoms with Crippen molar-refractivity contribution in [2.24, 2.45) is 0 Å². The second-order valence-corrected chi connectivity index (χ2v) is 7.23. The number of amides is 1. The van der Waals surface area contributed by atoms with Gasteiger partial charge in [0, 0.05) is 51.1 Å². The van der Waals surface area contributed by atoms with E-state index in [1.165, 1.54) is 12.3 Å². The highest BCUT2D eigenvalue weighted by atomic mass is 16.6. The second-order valence-electron chi connectivity index (χ2n) is 7.23. The number of nitro groups is 1. The summed E-state index contributed by atoms with van der Waals surface area (Å²) in [5.74, 6) is 0.228. The summed E-state index contributed by atoms with van der Waals surface area (Å²) in [6.07, 6.45) is 3.57. The number of carbonyl (C=O) groups is 1. The lowest BCUT2D eigenvalue weighted by Gasteiger charge is -2.35. The third kappa shape index (κ3) is 4.34. The Morgan fingerprint density at radius 2 is 2.07 bits per heavy atom. The van der Waals surface area contributed by atoms with Gasteiger partial charge in [0.25, 0.3) is 11.6 Å². The Morgan fingerprint density at radius 3 is 2.72 bits per heavy atom. The first-order valence-corrected chi connectivity index (χ1v) is 9.83. The number of hydrogen-bond donors (Lipinski definition) is 1. The fourth-order valence-electron chi connectivity index (χ4n) is 3.77. The van der Waals surface area contributed by atoms with Crippen LogP contribution in [0.2, 0.25) is 0 Å². The second kappa shape index (κ2) is 8.52. The number of rotatable bonds is 6. The molecule has 1 unspecified atom stereocenters. The van der Waals surface area contributed by atoms with Gasteiger partial charge in [-0.3, -0.25) is 14.9 Å². The Balaban J connectivity index is 1.42. The fourth-order valence-corrected chi connectivity index (χ4v) is 3.77. The Kier molecular flexibility index (Phi) is 5.66. The van der Waals surface area contributed by atoms with Crippen LogP contribution in [0.5, 0.6) is 0 Å². The van der Waals surface area contributed by atoms with Gasteiger partial charge in [0.15, 0.2) is 5.76 Å². The SMILES string of the molecule is O=C(c1ccco1)N1CCN(c2ccc([N+](=O)[O-])c(NCC3CCCO3)c2)CC1. The quantitative estimate of drug-likeness (QED) is 0.588. The zero-order valence-electron chi connectivity index (χ0n) is 16.1. The zero-order valence-corrected chi connectivity index (χ0v) is 16.1. The Morgan fingerprint density at radius 1 is 1.24 bits per heavy atom. The van der Waals surface area contributed by atoms with E-state index in [1.54, 1.807) is 23.1 Å². The van der Waals surface area contributed by atoms with Gasteiger partial charge >= 0.3 is 0 Å². The molecule has 1 N–H and O–H groups in total. The van der Waals surface area contributed by atoms with E-state index in [2.05, 4.69) is 10.2 Å². The molecule has 4 rings (SSSR count). The largest absolute Gasteiger partial charge is 0.459 e. The average molecular weight is 400 g/mol. The molecule has 1 aromatic carbocycles. The summed E-state index contributed by atoms with van der Waals surface area (Å²) >= 11 is 0. The van der Waals surface area contributed by atoms with E-state index in [0.717, 1.165) is 25.1 Å². The first-order valence-electron chi connectivity index (χ1n) is 9.83. The van der Waals surface area contributed by atoms with Gasteiger partial charge in [0.2, 0.25) is 0 Å². The molecule has 0 saturated carbocycles. The molecule has 9 heteroatoms. The van der Waals surface area contributed by atoms with Crippen molar-refractivity contribution in [2.45, 2.75) is 18.9 Å². The third-order valence-corrected chi connectivity index (χ3v) is 5.38. The maximum absolute atomic E-state index is 12.4. The summed E-state index contributed by atoms with van der Waals surface area (Å²) < 4.78 is 10.8. The monoisotopic (exact) mass is 400 g/mol. The molecule has 2 aliphatic rings. The smallest absolute Gasteiger partial charge is 0.292 e. The third-order valence-electron chi connectivity index (χ3n) is 5.38. The minimum atomic E-state index is -0.373. The number of benzene rings is 1. The highest BCUT2D eigenvalue weighted by molar-refractivity contribution is 5.91. The van der Waals surface area contributed by atoms with E-state index in [9.17, 15) is 14.9 Å². The van der Waals surface area contributed by atoms with E-state index >= 15 is 0 Å². The summed E-state index contributed by atoms with van der Waals surface area (Å²) in [5, 5.41) is 14.6. The summed E-state index contributed by atoms with van der Waals surface area (Å²) in [4.78, 5) is 27.3. The van der Waals surface area contributed by atoms with Crippen LogP contribution in [0.4, 0.5) is 17.1 Å². The molecular formula is C20H24N4O5. The van der Waals surface area contributed by atoms with Crippen LogP contribution in [0.25, 0.3) is 0 Å². The Labute approximate surface area is 168 Å². The van der Waals surface area contributed by atoms with E-state index in [4.69, 9.17) is 9.15 Å². The molecule has 0 aliphatic carbocycles. The van der Waals surface area contributed by atoms with Gasteiger partial charge in [-0.05, 0) is 37.1 Å². The number of ether oxygens (including phenoxy) is 1. The topological polar surface area (TPSA) is 101 Å². The van der Waals surface area contributed by atoms with Crippen LogP contribution >= 0.6 is 0 Å². The zero-order chi connectivity index (χ0) is 20.2. The van der Waals surface area contributed by atoms with E-state index in [-0.39, 0.29) is 22.6 Å². The number of carbonyl (C=O) groups excluding carboxylic acids is 1. The number of piperazine rings is 1. The van der Waals surface area contributed by atoms with Crippen molar-refractivity contribution in [1.29, 1.82) is 0 Å². The first kappa shape index (κ1) is 19.3. The lowest BCUT2D eigenvalue weighted by Crippen LogP contribution is -2.48. The minimum absolute atomic E-state index is 0.0541. The van der Waals surface area contributed by atoms with Crippen molar-refractivity contribution in [1.82, 2.24) is 4.90 Å². The molecule has 2 aliphatic heterocycles. The van der Waals surface area contributed by atoms with Crippen molar-refractivity contribution in [3.8, 4) is 0 Å². The molecule has 9 nitrogen and oxygen atoms in total. The van der Waals surface area contributed by atoms with Crippen molar-refractivity contribution in [3.63, 3.8) is 0 Å². The van der Waals surface area contributed by atoms with Crippen molar-refractivity contribution in [3.05, 3.63) is 52.5 Å². The summed E-state index contributed by atoms with van der Waals surface area (Å²) in [6, 6.07) is 8.48. The van der Waals surface area contributed by atoms with E-state index in [1.807, 2.05) is 6.07 Å². The standard InChI is InChI=1S/C20H24N4O5/c25-20(19-4-2-12-29-19)23-9-7-22(8-10-23)15-5-6-18(24(26)27)17(13-15)21-14-16-3-1-11-28-16/h2,4-6,12-13,16,21H,1,3,7-11,14H2. The fraction of sp³-hybridized carbons (Fsp3) is 0.450. The number of nitrogens with one attached hydrogen (secondary N) is 1. The lowest BCUT2D eigenvalue weighted by atomic mass is 10.2. The maximum Gasteiger partial charge on any atom is 0.292 e. The van der Waals surface area contributed by atoms with Crippen LogP contribution in [0.15, 0.2) is 41.0 Å². The molecule has 154 valence electrons. The number of nitro benzene ring substituents is 1. The highest BCUT2D eigenvalue weighted by Crippen LogP contribution is 2.30. The molecular weight excluding hydrogens is 376 g/mol. The molecule has 2 aromatic rings. The number of furan rings is 1. The Hall–Kier alpha value is -3.07. The van der Waals surface area contributed by atoms with Gasteiger partial charge in [-0.2, -0.15) is 0 Å². The average Bonchev–Trinajstić information content (AvgIpc) is 3.45. The number of hydrogen-bond acceptors (Lipinski definition) is 7. The molecule has 1 amide bonds. The van der Waals surface area contributed by atoms with Crippen LogP contribution in [0.1, 0.15) is 23.4 Å². The molecule has 2 saturated heterocycles. The maximum atomic E-state index is 12.4.